The lowest BCUT2D eigenvalue weighted by molar-refractivity contribution is -0.131. The zero-order valence-electron chi connectivity index (χ0n) is 20.7. The number of rotatable bonds is 6. The number of nitrogens with zero attached hydrogens (tertiary/aromatic N) is 4. The number of carbonyl (C=O) groups excluding carboxylic acids is 1. The molecule has 2 aromatic rings. The van der Waals surface area contributed by atoms with Gasteiger partial charge in [-0.05, 0) is 49.5 Å². The van der Waals surface area contributed by atoms with E-state index < -0.39 is 0 Å². The van der Waals surface area contributed by atoms with Crippen molar-refractivity contribution in [3.8, 4) is 0 Å². The average molecular weight is 469 g/mol. The largest absolute Gasteiger partial charge is 0.352 e. The van der Waals surface area contributed by atoms with Gasteiger partial charge in [0.2, 0.25) is 5.91 Å². The summed E-state index contributed by atoms with van der Waals surface area (Å²) in [7, 11) is 0. The number of anilines is 1. The first-order valence-electron chi connectivity index (χ1n) is 13.4. The SMILES string of the molecule is CCC(C)c1nc(N2CCN(C(=O)CCC3CCCC3)CC2)c2c3c(sc2n1)CC(C)CC3. The highest BCUT2D eigenvalue weighted by Crippen LogP contribution is 2.42. The van der Waals surface area contributed by atoms with Gasteiger partial charge in [0.1, 0.15) is 16.5 Å². The fourth-order valence-electron chi connectivity index (χ4n) is 5.92. The molecule has 1 amide bonds. The molecule has 2 aliphatic carbocycles. The van der Waals surface area contributed by atoms with Crippen LogP contribution in [0.2, 0.25) is 0 Å². The predicted molar refractivity (Wildman–Crippen MR) is 137 cm³/mol. The molecular formula is C27H40N4OS. The lowest BCUT2D eigenvalue weighted by atomic mass is 9.89. The first-order chi connectivity index (χ1) is 16.0. The number of fused-ring (bicyclic) bond motifs is 3. The molecule has 0 aromatic carbocycles. The Kier molecular flexibility index (Phi) is 6.91. The van der Waals surface area contributed by atoms with Crippen LogP contribution in [0, 0.1) is 11.8 Å². The molecule has 1 saturated carbocycles. The quantitative estimate of drug-likeness (QED) is 0.526. The molecule has 2 unspecified atom stereocenters. The molecule has 0 radical (unpaired) electrons. The number of amides is 1. The third-order valence-corrected chi connectivity index (χ3v) is 9.53. The summed E-state index contributed by atoms with van der Waals surface area (Å²) in [6.45, 7) is 10.2. The van der Waals surface area contributed by atoms with E-state index in [2.05, 4.69) is 30.6 Å². The number of aromatic nitrogens is 2. The molecule has 1 saturated heterocycles. The summed E-state index contributed by atoms with van der Waals surface area (Å²) in [5.41, 5.74) is 1.51. The molecule has 3 aliphatic rings. The zero-order chi connectivity index (χ0) is 22.9. The van der Waals surface area contributed by atoms with E-state index in [-0.39, 0.29) is 0 Å². The van der Waals surface area contributed by atoms with Crippen LogP contribution in [0.25, 0.3) is 10.2 Å². The number of hydrogen-bond acceptors (Lipinski definition) is 5. The van der Waals surface area contributed by atoms with E-state index >= 15 is 0 Å². The number of thiophene rings is 1. The van der Waals surface area contributed by atoms with Crippen LogP contribution in [0.15, 0.2) is 0 Å². The smallest absolute Gasteiger partial charge is 0.222 e. The standard InChI is InChI=1S/C27H40N4OS/c1-4-19(3)25-28-26(24-21-11-9-18(2)17-22(21)33-27(24)29-25)31-15-13-30(14-16-31)23(32)12-10-20-7-5-6-8-20/h18-20H,4-17H2,1-3H3. The molecule has 2 atom stereocenters. The van der Waals surface area contributed by atoms with Crippen molar-refractivity contribution in [1.82, 2.24) is 14.9 Å². The van der Waals surface area contributed by atoms with E-state index in [1.807, 2.05) is 11.3 Å². The summed E-state index contributed by atoms with van der Waals surface area (Å²) in [6.07, 6.45) is 11.8. The number of hydrogen-bond donors (Lipinski definition) is 0. The maximum Gasteiger partial charge on any atom is 0.222 e. The summed E-state index contributed by atoms with van der Waals surface area (Å²) >= 11 is 1.91. The second kappa shape index (κ2) is 9.89. The maximum atomic E-state index is 12.9. The van der Waals surface area contributed by atoms with Gasteiger partial charge in [0.05, 0.1) is 5.39 Å². The molecule has 2 aromatic heterocycles. The Morgan fingerprint density at radius 3 is 2.61 bits per heavy atom. The van der Waals surface area contributed by atoms with Crippen LogP contribution in [0.1, 0.15) is 94.3 Å². The molecule has 180 valence electrons. The fourth-order valence-corrected chi connectivity index (χ4v) is 7.31. The Morgan fingerprint density at radius 1 is 1.12 bits per heavy atom. The van der Waals surface area contributed by atoms with Crippen molar-refractivity contribution in [2.75, 3.05) is 31.1 Å². The Bertz CT molecular complexity index is 988. The minimum absolute atomic E-state index is 0.358. The van der Waals surface area contributed by atoms with Gasteiger partial charge in [-0.1, -0.05) is 46.5 Å². The van der Waals surface area contributed by atoms with Gasteiger partial charge < -0.3 is 9.80 Å². The van der Waals surface area contributed by atoms with Crippen molar-refractivity contribution in [2.45, 2.75) is 90.9 Å². The number of piperazine rings is 1. The van der Waals surface area contributed by atoms with Gasteiger partial charge in [-0.15, -0.1) is 11.3 Å². The zero-order valence-corrected chi connectivity index (χ0v) is 21.6. The van der Waals surface area contributed by atoms with Crippen LogP contribution < -0.4 is 4.90 Å². The molecule has 5 rings (SSSR count). The van der Waals surface area contributed by atoms with Gasteiger partial charge in [0, 0.05) is 43.4 Å². The predicted octanol–water partition coefficient (Wildman–Crippen LogP) is 5.95. The second-order valence-electron chi connectivity index (χ2n) is 10.8. The fraction of sp³-hybridized carbons (Fsp3) is 0.741. The lowest BCUT2D eigenvalue weighted by Gasteiger charge is -2.36. The minimum atomic E-state index is 0.358. The van der Waals surface area contributed by atoms with E-state index in [4.69, 9.17) is 9.97 Å². The maximum absolute atomic E-state index is 12.9. The Balaban J connectivity index is 1.35. The lowest BCUT2D eigenvalue weighted by Crippen LogP contribution is -2.49. The van der Waals surface area contributed by atoms with E-state index in [0.717, 1.165) is 75.3 Å². The van der Waals surface area contributed by atoms with Crippen molar-refractivity contribution in [3.63, 3.8) is 0 Å². The van der Waals surface area contributed by atoms with Crippen LogP contribution in [0.4, 0.5) is 5.82 Å². The van der Waals surface area contributed by atoms with Crippen molar-refractivity contribution in [3.05, 3.63) is 16.3 Å². The van der Waals surface area contributed by atoms with Crippen molar-refractivity contribution >= 4 is 33.3 Å². The molecule has 0 spiro atoms. The molecule has 6 heteroatoms. The van der Waals surface area contributed by atoms with Crippen LogP contribution in [-0.4, -0.2) is 47.0 Å². The molecule has 1 aliphatic heterocycles. The second-order valence-corrected chi connectivity index (χ2v) is 11.9. The molecule has 33 heavy (non-hydrogen) atoms. The third-order valence-electron chi connectivity index (χ3n) is 8.38. The highest BCUT2D eigenvalue weighted by atomic mass is 32.1. The first kappa shape index (κ1) is 23.1. The summed E-state index contributed by atoms with van der Waals surface area (Å²) in [6, 6.07) is 0. The van der Waals surface area contributed by atoms with Gasteiger partial charge in [0.15, 0.2) is 0 Å². The molecule has 0 bridgehead atoms. The van der Waals surface area contributed by atoms with E-state index in [9.17, 15) is 4.79 Å². The normalized spacial score (nSPS) is 22.7. The van der Waals surface area contributed by atoms with Crippen molar-refractivity contribution < 1.29 is 4.79 Å². The van der Waals surface area contributed by atoms with Crippen molar-refractivity contribution in [1.29, 1.82) is 0 Å². The van der Waals surface area contributed by atoms with Crippen LogP contribution >= 0.6 is 11.3 Å². The monoisotopic (exact) mass is 468 g/mol. The molecule has 2 fully saturated rings. The van der Waals surface area contributed by atoms with Crippen LogP contribution in [0.3, 0.4) is 0 Å². The average Bonchev–Trinajstić information content (AvgIpc) is 3.48. The highest BCUT2D eigenvalue weighted by molar-refractivity contribution is 7.19. The summed E-state index contributed by atoms with van der Waals surface area (Å²) in [5, 5.41) is 1.31. The van der Waals surface area contributed by atoms with E-state index in [0.29, 0.717) is 11.8 Å². The van der Waals surface area contributed by atoms with Gasteiger partial charge in [-0.25, -0.2) is 9.97 Å². The molecule has 0 N–H and O–H groups in total. The summed E-state index contributed by atoms with van der Waals surface area (Å²) in [5.74, 6) is 4.40. The highest BCUT2D eigenvalue weighted by Gasteiger charge is 2.29. The van der Waals surface area contributed by atoms with Crippen LogP contribution in [0.5, 0.6) is 0 Å². The Labute approximate surface area is 203 Å². The summed E-state index contributed by atoms with van der Waals surface area (Å²) in [4.78, 5) is 30.3. The van der Waals surface area contributed by atoms with Gasteiger partial charge >= 0.3 is 0 Å². The van der Waals surface area contributed by atoms with Crippen molar-refractivity contribution in [2.24, 2.45) is 11.8 Å². The molecular weight excluding hydrogens is 428 g/mol. The van der Waals surface area contributed by atoms with Crippen LogP contribution in [-0.2, 0) is 17.6 Å². The topological polar surface area (TPSA) is 49.3 Å². The number of aryl methyl sites for hydroxylation is 1. The van der Waals surface area contributed by atoms with Gasteiger partial charge in [-0.3, -0.25) is 4.79 Å². The van der Waals surface area contributed by atoms with E-state index in [1.165, 1.54) is 59.2 Å². The van der Waals surface area contributed by atoms with Gasteiger partial charge in [-0.2, -0.15) is 0 Å². The Morgan fingerprint density at radius 2 is 1.88 bits per heavy atom. The first-order valence-corrected chi connectivity index (χ1v) is 14.2. The third kappa shape index (κ3) is 4.78. The Hall–Kier alpha value is -1.69. The molecule has 3 heterocycles. The summed E-state index contributed by atoms with van der Waals surface area (Å²) < 4.78 is 0. The number of carbonyl (C=O) groups is 1. The van der Waals surface area contributed by atoms with Gasteiger partial charge in [0.25, 0.3) is 0 Å². The van der Waals surface area contributed by atoms with E-state index in [1.54, 1.807) is 0 Å². The molecule has 5 nitrogen and oxygen atoms in total. The minimum Gasteiger partial charge on any atom is -0.352 e.